The van der Waals surface area contributed by atoms with Crippen molar-refractivity contribution in [2.45, 2.75) is 6.92 Å². The maximum atomic E-state index is 11.7. The number of hydrogen-bond donors (Lipinski definition) is 1. The van der Waals surface area contributed by atoms with Gasteiger partial charge in [-0.2, -0.15) is 0 Å². The first-order chi connectivity index (χ1) is 8.16. The Morgan fingerprint density at radius 2 is 2.24 bits per heavy atom. The molecule has 88 valence electrons. The van der Waals surface area contributed by atoms with E-state index in [4.69, 9.17) is 10.5 Å². The standard InChI is InChI=1S/C13H13NO2S/c1-9-4-5-12(10(14)7-9)16-8-11(15)13-3-2-6-17-13/h2-7H,8,14H2,1H3. The fourth-order valence-corrected chi connectivity index (χ4v) is 2.10. The van der Waals surface area contributed by atoms with Crippen LogP contribution < -0.4 is 10.5 Å². The van der Waals surface area contributed by atoms with Crippen LogP contribution in [0, 0.1) is 6.92 Å². The van der Waals surface area contributed by atoms with Crippen LogP contribution >= 0.6 is 11.3 Å². The summed E-state index contributed by atoms with van der Waals surface area (Å²) in [4.78, 5) is 12.4. The highest BCUT2D eigenvalue weighted by Crippen LogP contribution is 2.22. The number of aryl methyl sites for hydroxylation is 1. The van der Waals surface area contributed by atoms with E-state index in [2.05, 4.69) is 0 Å². The molecule has 0 aliphatic carbocycles. The number of ether oxygens (including phenoxy) is 1. The van der Waals surface area contributed by atoms with Crippen molar-refractivity contribution in [1.82, 2.24) is 0 Å². The second-order valence-corrected chi connectivity index (χ2v) is 4.68. The van der Waals surface area contributed by atoms with Gasteiger partial charge < -0.3 is 10.5 Å². The summed E-state index contributed by atoms with van der Waals surface area (Å²) in [6.07, 6.45) is 0. The topological polar surface area (TPSA) is 52.3 Å². The zero-order chi connectivity index (χ0) is 12.3. The van der Waals surface area contributed by atoms with Gasteiger partial charge in [-0.25, -0.2) is 0 Å². The summed E-state index contributed by atoms with van der Waals surface area (Å²) in [7, 11) is 0. The molecule has 0 atom stereocenters. The first kappa shape index (κ1) is 11.7. The molecule has 0 saturated heterocycles. The Balaban J connectivity index is 2.01. The van der Waals surface area contributed by atoms with Gasteiger partial charge in [-0.05, 0) is 36.1 Å². The first-order valence-electron chi connectivity index (χ1n) is 5.22. The number of rotatable bonds is 4. The molecule has 0 radical (unpaired) electrons. The van der Waals surface area contributed by atoms with Crippen molar-refractivity contribution in [3.05, 3.63) is 46.2 Å². The largest absolute Gasteiger partial charge is 0.483 e. The van der Waals surface area contributed by atoms with Gasteiger partial charge in [0.15, 0.2) is 6.61 Å². The van der Waals surface area contributed by atoms with Crippen LogP contribution in [0.2, 0.25) is 0 Å². The normalized spacial score (nSPS) is 10.2. The lowest BCUT2D eigenvalue weighted by molar-refractivity contribution is 0.0926. The molecule has 0 spiro atoms. The molecule has 0 unspecified atom stereocenters. The van der Waals surface area contributed by atoms with E-state index in [0.717, 1.165) is 5.56 Å². The molecule has 0 amide bonds. The first-order valence-corrected chi connectivity index (χ1v) is 6.10. The number of anilines is 1. The summed E-state index contributed by atoms with van der Waals surface area (Å²) in [5.74, 6) is 0.528. The van der Waals surface area contributed by atoms with Crippen LogP contribution in [0.5, 0.6) is 5.75 Å². The Morgan fingerprint density at radius 3 is 2.88 bits per heavy atom. The van der Waals surface area contributed by atoms with Crippen LogP contribution in [0.1, 0.15) is 15.2 Å². The molecule has 0 aliphatic heterocycles. The van der Waals surface area contributed by atoms with Crippen molar-refractivity contribution < 1.29 is 9.53 Å². The minimum absolute atomic E-state index is 0.0216. The highest BCUT2D eigenvalue weighted by Gasteiger charge is 2.08. The molecule has 1 aromatic heterocycles. The SMILES string of the molecule is Cc1ccc(OCC(=O)c2cccs2)c(N)c1. The molecule has 3 nitrogen and oxygen atoms in total. The number of thiophene rings is 1. The quantitative estimate of drug-likeness (QED) is 0.667. The van der Waals surface area contributed by atoms with Crippen molar-refractivity contribution in [2.24, 2.45) is 0 Å². The van der Waals surface area contributed by atoms with Crippen LogP contribution in [-0.2, 0) is 0 Å². The van der Waals surface area contributed by atoms with E-state index in [1.807, 2.05) is 30.5 Å². The van der Waals surface area contributed by atoms with Gasteiger partial charge in [0.2, 0.25) is 5.78 Å². The van der Waals surface area contributed by atoms with Gasteiger partial charge in [0.05, 0.1) is 10.6 Å². The molecule has 17 heavy (non-hydrogen) atoms. The maximum absolute atomic E-state index is 11.7. The number of nitrogens with two attached hydrogens (primary N) is 1. The van der Waals surface area contributed by atoms with Crippen molar-refractivity contribution in [3.8, 4) is 5.75 Å². The highest BCUT2D eigenvalue weighted by atomic mass is 32.1. The number of carbonyl (C=O) groups excluding carboxylic acids is 1. The maximum Gasteiger partial charge on any atom is 0.210 e. The van der Waals surface area contributed by atoms with Crippen LogP contribution in [-0.4, -0.2) is 12.4 Å². The van der Waals surface area contributed by atoms with E-state index < -0.39 is 0 Å². The number of hydrogen-bond acceptors (Lipinski definition) is 4. The molecule has 1 heterocycles. The van der Waals surface area contributed by atoms with Crippen molar-refractivity contribution >= 4 is 22.8 Å². The lowest BCUT2D eigenvalue weighted by Gasteiger charge is -2.08. The van der Waals surface area contributed by atoms with Crippen molar-refractivity contribution in [2.75, 3.05) is 12.3 Å². The zero-order valence-corrected chi connectivity index (χ0v) is 10.3. The van der Waals surface area contributed by atoms with E-state index in [0.29, 0.717) is 16.3 Å². The Labute approximate surface area is 104 Å². The summed E-state index contributed by atoms with van der Waals surface area (Å²) >= 11 is 1.41. The smallest absolute Gasteiger partial charge is 0.210 e. The van der Waals surface area contributed by atoms with E-state index >= 15 is 0 Å². The van der Waals surface area contributed by atoms with Gasteiger partial charge in [-0.3, -0.25) is 4.79 Å². The van der Waals surface area contributed by atoms with Gasteiger partial charge in [0.25, 0.3) is 0 Å². The second-order valence-electron chi connectivity index (χ2n) is 3.73. The Bertz CT molecular complexity index is 520. The average Bonchev–Trinajstić information content (AvgIpc) is 2.81. The molecular weight excluding hydrogens is 234 g/mol. The number of ketones is 1. The third kappa shape index (κ3) is 2.85. The number of Topliss-reactive ketones (excluding diaryl/α,β-unsaturated/α-hetero) is 1. The summed E-state index contributed by atoms with van der Waals surface area (Å²) < 4.78 is 5.41. The Morgan fingerprint density at radius 1 is 1.41 bits per heavy atom. The Kier molecular flexibility index (Phi) is 3.44. The Hall–Kier alpha value is -1.81. The summed E-state index contributed by atoms with van der Waals surface area (Å²) in [5, 5.41) is 1.87. The van der Waals surface area contributed by atoms with Crippen LogP contribution in [0.3, 0.4) is 0 Å². The predicted octanol–water partition coefficient (Wildman–Crippen LogP) is 2.90. The van der Waals surface area contributed by atoms with Crippen molar-refractivity contribution in [3.63, 3.8) is 0 Å². The predicted molar refractivity (Wildman–Crippen MR) is 69.7 cm³/mol. The molecule has 0 saturated carbocycles. The third-order valence-electron chi connectivity index (χ3n) is 2.32. The van der Waals surface area contributed by atoms with E-state index in [1.54, 1.807) is 12.1 Å². The lowest BCUT2D eigenvalue weighted by Crippen LogP contribution is -2.11. The number of nitrogen functional groups attached to an aromatic ring is 1. The fourth-order valence-electron chi connectivity index (χ4n) is 1.45. The van der Waals surface area contributed by atoms with Crippen LogP contribution in [0.25, 0.3) is 0 Å². The number of benzene rings is 1. The molecule has 4 heteroatoms. The molecule has 0 bridgehead atoms. The minimum atomic E-state index is -0.0278. The zero-order valence-electron chi connectivity index (χ0n) is 9.47. The van der Waals surface area contributed by atoms with Gasteiger partial charge in [-0.1, -0.05) is 12.1 Å². The molecular formula is C13H13NO2S. The van der Waals surface area contributed by atoms with Gasteiger partial charge in [0, 0.05) is 0 Å². The summed E-state index contributed by atoms with van der Waals surface area (Å²) in [6.45, 7) is 1.98. The summed E-state index contributed by atoms with van der Waals surface area (Å²) in [5.41, 5.74) is 7.42. The third-order valence-corrected chi connectivity index (χ3v) is 3.23. The van der Waals surface area contributed by atoms with Crippen LogP contribution in [0.4, 0.5) is 5.69 Å². The molecule has 0 fully saturated rings. The van der Waals surface area contributed by atoms with Crippen molar-refractivity contribution in [1.29, 1.82) is 0 Å². The van der Waals surface area contributed by atoms with E-state index in [1.165, 1.54) is 11.3 Å². The average molecular weight is 247 g/mol. The highest BCUT2D eigenvalue weighted by molar-refractivity contribution is 7.12. The van der Waals surface area contributed by atoms with E-state index in [9.17, 15) is 4.79 Å². The monoisotopic (exact) mass is 247 g/mol. The molecule has 1 aromatic carbocycles. The number of carbonyl (C=O) groups is 1. The minimum Gasteiger partial charge on any atom is -0.483 e. The summed E-state index contributed by atoms with van der Waals surface area (Å²) in [6, 6.07) is 9.14. The molecule has 2 aromatic rings. The van der Waals surface area contributed by atoms with Gasteiger partial charge in [0.1, 0.15) is 5.75 Å². The van der Waals surface area contributed by atoms with Crippen LogP contribution in [0.15, 0.2) is 35.7 Å². The van der Waals surface area contributed by atoms with Gasteiger partial charge >= 0.3 is 0 Å². The molecule has 0 aliphatic rings. The fraction of sp³-hybridized carbons (Fsp3) is 0.154. The lowest BCUT2D eigenvalue weighted by atomic mass is 10.2. The molecule has 2 N–H and O–H groups in total. The van der Waals surface area contributed by atoms with E-state index in [-0.39, 0.29) is 12.4 Å². The van der Waals surface area contributed by atoms with Gasteiger partial charge in [-0.15, -0.1) is 11.3 Å². The molecule has 2 rings (SSSR count). The second kappa shape index (κ2) is 5.01.